The summed E-state index contributed by atoms with van der Waals surface area (Å²) in [6.07, 6.45) is -1.43. The van der Waals surface area contributed by atoms with E-state index in [1.165, 1.54) is 18.3 Å². The Labute approximate surface area is 252 Å². The number of nitrogens with two attached hydrogens (primary N) is 1. The molecule has 14 heteroatoms. The Bertz CT molecular complexity index is 2000. The highest BCUT2D eigenvalue weighted by Gasteiger charge is 2.33. The molecule has 9 nitrogen and oxygen atoms in total. The summed E-state index contributed by atoms with van der Waals surface area (Å²) in [5.41, 5.74) is 8.00. The molecule has 0 saturated heterocycles. The molecule has 5 rings (SSSR count). The number of ether oxygens (including phenoxy) is 1. The van der Waals surface area contributed by atoms with Crippen molar-refractivity contribution in [1.29, 1.82) is 5.26 Å². The molecule has 0 fully saturated rings. The molecule has 0 unspecified atom stereocenters. The molecule has 0 saturated carbocycles. The fraction of sp³-hybridized carbons (Fsp3) is 0.100. The maximum Gasteiger partial charge on any atom is 0.433 e. The zero-order valence-corrected chi connectivity index (χ0v) is 23.5. The van der Waals surface area contributed by atoms with Gasteiger partial charge in [-0.1, -0.05) is 36.4 Å². The van der Waals surface area contributed by atoms with Gasteiger partial charge in [0, 0.05) is 37.1 Å². The van der Waals surface area contributed by atoms with Gasteiger partial charge in [-0.3, -0.25) is 4.79 Å². The van der Waals surface area contributed by atoms with E-state index >= 15 is 4.39 Å². The number of carbonyl (C=O) groups excluding carboxylic acids is 1. The normalized spacial score (nSPS) is 11.3. The predicted octanol–water partition coefficient (Wildman–Crippen LogP) is 6.56. The molecule has 3 N–H and O–H groups in total. The van der Waals surface area contributed by atoms with Gasteiger partial charge in [0.25, 0.3) is 0 Å². The Kier molecular flexibility index (Phi) is 7.95. The lowest BCUT2D eigenvalue weighted by Gasteiger charge is -2.13. The van der Waals surface area contributed by atoms with E-state index in [-0.39, 0.29) is 34.4 Å². The Morgan fingerprint density at radius 1 is 1.23 bits per heavy atom. The fourth-order valence-electron chi connectivity index (χ4n) is 4.69. The third kappa shape index (κ3) is 5.62. The Hall–Kier alpha value is -5.48. The molecule has 5 aromatic rings. The lowest BCUT2D eigenvalue weighted by molar-refractivity contribution is -0.141. The number of rotatable bonds is 7. The molecule has 3 aromatic heterocycles. The maximum atomic E-state index is 15.5. The number of aromatic nitrogens is 4. The van der Waals surface area contributed by atoms with Gasteiger partial charge in [-0.2, -0.15) is 23.4 Å². The van der Waals surface area contributed by atoms with Crippen LogP contribution in [0, 0.1) is 17.1 Å². The summed E-state index contributed by atoms with van der Waals surface area (Å²) >= 11 is 6.73. The van der Waals surface area contributed by atoms with Crippen LogP contribution in [0.25, 0.3) is 33.3 Å². The van der Waals surface area contributed by atoms with Crippen LogP contribution in [0.1, 0.15) is 16.8 Å². The Morgan fingerprint density at radius 3 is 2.66 bits per heavy atom. The predicted molar refractivity (Wildman–Crippen MR) is 155 cm³/mol. The molecule has 0 aliphatic heterocycles. The first-order valence-corrected chi connectivity index (χ1v) is 13.0. The number of fused-ring (bicyclic) bond motifs is 1. The first kappa shape index (κ1) is 30.0. The number of pyridine rings is 1. The van der Waals surface area contributed by atoms with Crippen molar-refractivity contribution in [3.05, 3.63) is 95.2 Å². The molecule has 0 aliphatic rings. The zero-order chi connectivity index (χ0) is 31.8. The van der Waals surface area contributed by atoms with Crippen molar-refractivity contribution in [2.75, 3.05) is 5.73 Å². The van der Waals surface area contributed by atoms with Crippen LogP contribution in [-0.2, 0) is 24.6 Å². The number of alkyl halides is 3. The summed E-state index contributed by atoms with van der Waals surface area (Å²) in [7, 11) is 1.69. The van der Waals surface area contributed by atoms with E-state index in [1.807, 2.05) is 0 Å². The minimum absolute atomic E-state index is 0.0637. The van der Waals surface area contributed by atoms with Crippen LogP contribution in [0.4, 0.5) is 23.4 Å². The Balaban J connectivity index is 1.65. The summed E-state index contributed by atoms with van der Waals surface area (Å²) in [6, 6.07) is 11.0. The third-order valence-electron chi connectivity index (χ3n) is 6.65. The van der Waals surface area contributed by atoms with Gasteiger partial charge in [0.05, 0.1) is 27.2 Å². The lowest BCUT2D eigenvalue weighted by Crippen LogP contribution is -2.19. The van der Waals surface area contributed by atoms with E-state index in [4.69, 9.17) is 22.1 Å². The van der Waals surface area contributed by atoms with Gasteiger partial charge < -0.3 is 20.4 Å². The SMILES string of the molecule is C=CC(=O)NCc1ccc(-c2c(-c3ccc(Oc4nccc(C(F)(F)F)n4)c(F)c3)c3c(N)ncc(C#N)c3n2C)c(Cl)c1. The summed E-state index contributed by atoms with van der Waals surface area (Å²) in [5, 5.41) is 13.1. The number of nitrogens with zero attached hydrogens (tertiary/aromatic N) is 5. The molecule has 0 aliphatic carbocycles. The summed E-state index contributed by atoms with van der Waals surface area (Å²) in [6.45, 7) is 3.60. The molecule has 3 heterocycles. The van der Waals surface area contributed by atoms with E-state index in [0.29, 0.717) is 39.4 Å². The van der Waals surface area contributed by atoms with Gasteiger partial charge in [0.15, 0.2) is 17.3 Å². The molecule has 0 radical (unpaired) electrons. The number of anilines is 1. The average molecular weight is 622 g/mol. The quantitative estimate of drug-likeness (QED) is 0.155. The topological polar surface area (TPSA) is 132 Å². The smallest absolute Gasteiger partial charge is 0.421 e. The van der Waals surface area contributed by atoms with E-state index in [1.54, 1.807) is 29.8 Å². The van der Waals surface area contributed by atoms with Gasteiger partial charge >= 0.3 is 12.2 Å². The van der Waals surface area contributed by atoms with Crippen LogP contribution in [0.2, 0.25) is 5.02 Å². The monoisotopic (exact) mass is 621 g/mol. The van der Waals surface area contributed by atoms with Gasteiger partial charge in [-0.15, -0.1) is 0 Å². The maximum absolute atomic E-state index is 15.5. The largest absolute Gasteiger partial charge is 0.433 e. The van der Waals surface area contributed by atoms with Crippen molar-refractivity contribution in [1.82, 2.24) is 24.8 Å². The third-order valence-corrected chi connectivity index (χ3v) is 6.96. The van der Waals surface area contributed by atoms with Crippen molar-refractivity contribution < 1.29 is 27.1 Å². The molecule has 0 bridgehead atoms. The summed E-state index contributed by atoms with van der Waals surface area (Å²) in [5.74, 6) is -1.66. The standard InChI is InChI=1S/C30H20ClF4N7O2/c1-3-23(43)39-13-15-4-6-18(19(31)10-15)27-24(25-26(42(27)2)17(12-36)14-40-28(25)37)16-5-7-21(20(32)11-16)44-29-38-9-8-22(41-29)30(33,34)35/h3-11,14H,1,13H2,2H3,(H2,37,40)(H,39,43). The van der Waals surface area contributed by atoms with Gasteiger partial charge in [0.1, 0.15) is 11.9 Å². The number of halogens is 5. The molecular formula is C30H20ClF4N7O2. The molecule has 1 amide bonds. The van der Waals surface area contributed by atoms with Gasteiger partial charge in [-0.05, 0) is 41.5 Å². The average Bonchev–Trinajstić information content (AvgIpc) is 3.30. The highest BCUT2D eigenvalue weighted by Crippen LogP contribution is 2.46. The molecule has 2 aromatic carbocycles. The van der Waals surface area contributed by atoms with Crippen molar-refractivity contribution in [3.63, 3.8) is 0 Å². The second-order valence-electron chi connectivity index (χ2n) is 9.38. The van der Waals surface area contributed by atoms with Crippen LogP contribution in [0.15, 0.2) is 67.5 Å². The molecule has 0 atom stereocenters. The molecular weight excluding hydrogens is 602 g/mol. The molecule has 44 heavy (non-hydrogen) atoms. The van der Waals surface area contributed by atoms with Crippen molar-refractivity contribution in [2.45, 2.75) is 12.7 Å². The number of aryl methyl sites for hydroxylation is 1. The van der Waals surface area contributed by atoms with E-state index in [2.05, 4.69) is 32.9 Å². The van der Waals surface area contributed by atoms with Crippen LogP contribution < -0.4 is 15.8 Å². The number of amides is 1. The summed E-state index contributed by atoms with van der Waals surface area (Å²) < 4.78 is 61.6. The van der Waals surface area contributed by atoms with Crippen molar-refractivity contribution in [2.24, 2.45) is 7.05 Å². The molecule has 222 valence electrons. The minimum atomic E-state index is -4.75. The summed E-state index contributed by atoms with van der Waals surface area (Å²) in [4.78, 5) is 22.7. The lowest BCUT2D eigenvalue weighted by atomic mass is 9.97. The van der Waals surface area contributed by atoms with Gasteiger partial charge in [-0.25, -0.2) is 14.4 Å². The highest BCUT2D eigenvalue weighted by molar-refractivity contribution is 6.34. The van der Waals surface area contributed by atoms with E-state index in [9.17, 15) is 23.2 Å². The van der Waals surface area contributed by atoms with Crippen LogP contribution >= 0.6 is 11.6 Å². The number of nitrogen functional groups attached to an aromatic ring is 1. The van der Waals surface area contributed by atoms with Crippen LogP contribution in [0.3, 0.4) is 0 Å². The number of benzene rings is 2. The first-order chi connectivity index (χ1) is 20.9. The number of hydrogen-bond donors (Lipinski definition) is 2. The van der Waals surface area contributed by atoms with E-state index in [0.717, 1.165) is 18.3 Å². The number of nitriles is 1. The minimum Gasteiger partial charge on any atom is -0.421 e. The number of nitrogens with one attached hydrogen (secondary N) is 1. The van der Waals surface area contributed by atoms with Gasteiger partial charge in [0.2, 0.25) is 5.91 Å². The zero-order valence-electron chi connectivity index (χ0n) is 22.7. The highest BCUT2D eigenvalue weighted by atomic mass is 35.5. The van der Waals surface area contributed by atoms with Crippen LogP contribution in [-0.4, -0.2) is 25.4 Å². The van der Waals surface area contributed by atoms with E-state index < -0.39 is 29.4 Å². The number of hydrogen-bond acceptors (Lipinski definition) is 7. The number of carbonyl (C=O) groups is 1. The second kappa shape index (κ2) is 11.7. The fourth-order valence-corrected chi connectivity index (χ4v) is 4.99. The second-order valence-corrected chi connectivity index (χ2v) is 9.79. The van der Waals surface area contributed by atoms with Crippen LogP contribution in [0.5, 0.6) is 11.8 Å². The Morgan fingerprint density at radius 2 is 2.00 bits per heavy atom. The van der Waals surface area contributed by atoms with Crippen molar-refractivity contribution in [3.8, 4) is 40.2 Å². The first-order valence-electron chi connectivity index (χ1n) is 12.7. The molecule has 0 spiro atoms. The van der Waals surface area contributed by atoms with Crippen molar-refractivity contribution >= 4 is 34.2 Å².